The summed E-state index contributed by atoms with van der Waals surface area (Å²) in [5, 5.41) is 48.7. The van der Waals surface area contributed by atoms with Crippen LogP contribution in [0.25, 0.3) is 0 Å². The summed E-state index contributed by atoms with van der Waals surface area (Å²) in [7, 11) is 0. The molecule has 0 aliphatic heterocycles. The number of carboxylic acid groups (broad SMARTS) is 3. The van der Waals surface area contributed by atoms with Crippen molar-refractivity contribution in [3.05, 3.63) is 0 Å². The molecule has 0 aromatic carbocycles. The predicted molar refractivity (Wildman–Crippen MR) is 96.3 cm³/mol. The fourth-order valence-electron chi connectivity index (χ4n) is 0.316. The Morgan fingerprint density at radius 1 is 0.692 bits per heavy atom. The van der Waals surface area contributed by atoms with E-state index in [2.05, 4.69) is 50.4 Å². The molecule has 0 radical (unpaired) electrons. The van der Waals surface area contributed by atoms with Gasteiger partial charge in [-0.15, -0.1) is 0 Å². The normalized spacial score (nSPS) is 8.77. The van der Waals surface area contributed by atoms with Crippen LogP contribution >= 0.6 is 0 Å². The SMILES string of the molecule is CC(CO)(CO)CO.O=C(O)CN=S.O=C(O)CN=S.O=C(O)CN=S. The van der Waals surface area contributed by atoms with Crippen molar-refractivity contribution in [3.8, 4) is 0 Å². The van der Waals surface area contributed by atoms with Gasteiger partial charge in [0, 0.05) is 42.7 Å². The molecule has 0 saturated heterocycles. The van der Waals surface area contributed by atoms with Crippen LogP contribution in [0.15, 0.2) is 13.1 Å². The van der Waals surface area contributed by atoms with Gasteiger partial charge in [0.1, 0.15) is 19.6 Å². The highest BCUT2D eigenvalue weighted by Gasteiger charge is 2.20. The van der Waals surface area contributed by atoms with Crippen LogP contribution in [0.5, 0.6) is 0 Å². The molecule has 0 bridgehead atoms. The van der Waals surface area contributed by atoms with E-state index in [9.17, 15) is 14.4 Å². The van der Waals surface area contributed by atoms with Crippen molar-refractivity contribution < 1.29 is 45.0 Å². The van der Waals surface area contributed by atoms with Crippen LogP contribution in [0.2, 0.25) is 0 Å². The molecule has 0 spiro atoms. The minimum atomic E-state index is -0.981. The molecule has 0 unspecified atom stereocenters. The van der Waals surface area contributed by atoms with Crippen molar-refractivity contribution >= 4 is 55.2 Å². The van der Waals surface area contributed by atoms with Crippen molar-refractivity contribution in [3.63, 3.8) is 0 Å². The molecule has 12 nitrogen and oxygen atoms in total. The monoisotopic (exact) mass is 435 g/mol. The lowest BCUT2D eigenvalue weighted by molar-refractivity contribution is -0.136. The third-order valence-corrected chi connectivity index (χ3v) is 2.13. The number of hydrogen-bond donors (Lipinski definition) is 6. The number of nitrogens with zero attached hydrogens (tertiary/aromatic N) is 3. The largest absolute Gasteiger partial charge is 0.480 e. The van der Waals surface area contributed by atoms with Crippen LogP contribution in [-0.4, -0.2) is 88.0 Å². The van der Waals surface area contributed by atoms with Gasteiger partial charge in [-0.25, -0.2) is 13.1 Å². The maximum absolute atomic E-state index is 9.44. The topological polar surface area (TPSA) is 210 Å². The Bertz CT molecular complexity index is 379. The van der Waals surface area contributed by atoms with Crippen LogP contribution in [0.3, 0.4) is 0 Å². The molecule has 0 aromatic rings. The molecule has 26 heavy (non-hydrogen) atoms. The van der Waals surface area contributed by atoms with Gasteiger partial charge in [-0.1, -0.05) is 6.92 Å². The number of aliphatic hydroxyl groups excluding tert-OH is 3. The third-order valence-electron chi connectivity index (χ3n) is 1.74. The lowest BCUT2D eigenvalue weighted by Crippen LogP contribution is -2.29. The van der Waals surface area contributed by atoms with E-state index in [1.54, 1.807) is 6.92 Å². The number of rotatable bonds is 9. The molecule has 0 aliphatic rings. The molecule has 0 rings (SSSR count). The van der Waals surface area contributed by atoms with Gasteiger partial charge >= 0.3 is 17.9 Å². The van der Waals surface area contributed by atoms with E-state index in [0.29, 0.717) is 0 Å². The first-order valence-electron chi connectivity index (χ1n) is 6.35. The molecule has 6 N–H and O–H groups in total. The van der Waals surface area contributed by atoms with Gasteiger partial charge in [0.25, 0.3) is 0 Å². The number of carbonyl (C=O) groups is 3. The lowest BCUT2D eigenvalue weighted by Gasteiger charge is -2.20. The van der Waals surface area contributed by atoms with E-state index in [0.717, 1.165) is 0 Å². The summed E-state index contributed by atoms with van der Waals surface area (Å²) < 4.78 is 8.76. The Kier molecular flexibility index (Phi) is 28.8. The minimum Gasteiger partial charge on any atom is -0.480 e. The van der Waals surface area contributed by atoms with Gasteiger partial charge in [0.15, 0.2) is 0 Å². The Morgan fingerprint density at radius 2 is 0.885 bits per heavy atom. The highest BCUT2D eigenvalue weighted by molar-refractivity contribution is 7.47. The Balaban J connectivity index is -0.000000125. The fourth-order valence-corrected chi connectivity index (χ4v) is 0.647. The first kappa shape index (κ1) is 32.1. The molecular weight excluding hydrogens is 414 g/mol. The van der Waals surface area contributed by atoms with Gasteiger partial charge in [-0.3, -0.25) is 14.4 Å². The van der Waals surface area contributed by atoms with Crippen LogP contribution in [0.1, 0.15) is 6.92 Å². The molecule has 0 aromatic heterocycles. The lowest BCUT2D eigenvalue weighted by atomic mass is 9.95. The quantitative estimate of drug-likeness (QED) is 0.241. The van der Waals surface area contributed by atoms with Crippen LogP contribution in [0, 0.1) is 5.41 Å². The second-order valence-corrected chi connectivity index (χ2v) is 5.10. The number of hydrogen-bond acceptors (Lipinski definition) is 12. The molecule has 0 heterocycles. The average Bonchev–Trinajstić information content (AvgIpc) is 2.55. The van der Waals surface area contributed by atoms with Gasteiger partial charge < -0.3 is 30.6 Å². The summed E-state index contributed by atoms with van der Waals surface area (Å²) in [6.07, 6.45) is 0. The smallest absolute Gasteiger partial charge is 0.326 e. The molecule has 0 fully saturated rings. The zero-order chi connectivity index (χ0) is 21.6. The minimum absolute atomic E-state index is 0.181. The van der Waals surface area contributed by atoms with E-state index in [4.69, 9.17) is 30.6 Å². The molecule has 0 atom stereocenters. The molecule has 152 valence electrons. The summed E-state index contributed by atoms with van der Waals surface area (Å²) in [4.78, 5) is 28.3. The van der Waals surface area contributed by atoms with E-state index in [1.165, 1.54) is 0 Å². The first-order valence-corrected chi connectivity index (χ1v) is 7.45. The zero-order valence-corrected chi connectivity index (χ0v) is 16.2. The van der Waals surface area contributed by atoms with Crippen molar-refractivity contribution in [2.24, 2.45) is 18.5 Å². The van der Waals surface area contributed by atoms with Gasteiger partial charge in [0.2, 0.25) is 0 Å². The van der Waals surface area contributed by atoms with Crippen molar-refractivity contribution in [2.75, 3.05) is 39.5 Å². The van der Waals surface area contributed by atoms with E-state index in [-0.39, 0.29) is 39.5 Å². The summed E-state index contributed by atoms with van der Waals surface area (Å²) in [5.41, 5.74) is -0.708. The maximum atomic E-state index is 9.44. The van der Waals surface area contributed by atoms with Crippen LogP contribution in [-0.2, 0) is 51.7 Å². The van der Waals surface area contributed by atoms with E-state index >= 15 is 0 Å². The first-order chi connectivity index (χ1) is 12.0. The highest BCUT2D eigenvalue weighted by Crippen LogP contribution is 2.10. The molecular formula is C11H21N3O9S3. The molecule has 0 amide bonds. The standard InChI is InChI=1S/C5H12O3.3C2H3NO2S/c1-5(2-6,3-7)4-8;3*4-2(5)1-3-6/h6-8H,2-4H2,1H3;3*1H2,(H,4,5). The summed E-state index contributed by atoms with van der Waals surface area (Å²) in [6.45, 7) is 0.257. The van der Waals surface area contributed by atoms with Gasteiger partial charge in [-0.05, 0) is 0 Å². The average molecular weight is 436 g/mol. The van der Waals surface area contributed by atoms with Gasteiger partial charge in [0.05, 0.1) is 19.8 Å². The number of carboxylic acids is 3. The number of aliphatic hydroxyl groups is 3. The summed E-state index contributed by atoms with van der Waals surface area (Å²) in [5.74, 6) is -2.94. The van der Waals surface area contributed by atoms with Gasteiger partial charge in [-0.2, -0.15) is 0 Å². The second-order valence-electron chi connectivity index (χ2n) is 4.33. The third kappa shape index (κ3) is 38.1. The van der Waals surface area contributed by atoms with Crippen LogP contribution < -0.4 is 0 Å². The van der Waals surface area contributed by atoms with Crippen molar-refractivity contribution in [1.82, 2.24) is 0 Å². The Morgan fingerprint density at radius 3 is 0.885 bits per heavy atom. The van der Waals surface area contributed by atoms with E-state index in [1.807, 2.05) is 0 Å². The van der Waals surface area contributed by atoms with Crippen molar-refractivity contribution in [1.29, 1.82) is 0 Å². The molecule has 0 aliphatic carbocycles. The predicted octanol–water partition coefficient (Wildman–Crippen LogP) is -1.63. The molecule has 15 heteroatoms. The Labute approximate surface area is 165 Å². The molecule has 0 saturated carbocycles. The second kappa shape index (κ2) is 23.4. The number of aliphatic carboxylic acids is 3. The summed E-state index contributed by atoms with van der Waals surface area (Å²) >= 11 is 11.9. The highest BCUT2D eigenvalue weighted by atomic mass is 32.1. The van der Waals surface area contributed by atoms with Crippen LogP contribution in [0.4, 0.5) is 0 Å². The van der Waals surface area contributed by atoms with Crippen molar-refractivity contribution in [2.45, 2.75) is 6.92 Å². The zero-order valence-electron chi connectivity index (χ0n) is 13.7. The fraction of sp³-hybridized carbons (Fsp3) is 0.727. The Hall–Kier alpha value is -1.65. The van der Waals surface area contributed by atoms with E-state index < -0.39 is 23.3 Å². The maximum Gasteiger partial charge on any atom is 0.326 e. The summed E-state index contributed by atoms with van der Waals surface area (Å²) in [6, 6.07) is 0.